The Hall–Kier alpha value is 0. The molecule has 0 saturated heterocycles. The van der Waals surface area contributed by atoms with Gasteiger partial charge in [-0.2, -0.15) is 0 Å². The lowest BCUT2D eigenvalue weighted by atomic mass is 10.0. The third-order valence-corrected chi connectivity index (χ3v) is 19.7. The van der Waals surface area contributed by atoms with Crippen LogP contribution in [0.25, 0.3) is 0 Å². The van der Waals surface area contributed by atoms with Gasteiger partial charge in [-0.05, 0) is 0 Å². The van der Waals surface area contributed by atoms with Gasteiger partial charge in [0, 0.05) is 0 Å². The minimum absolute atomic E-state index is 1.37. The van der Waals surface area contributed by atoms with Gasteiger partial charge in [0.25, 0.3) is 0 Å². The topological polar surface area (TPSA) is 0 Å². The highest BCUT2D eigenvalue weighted by molar-refractivity contribution is 4.57. The third-order valence-electron chi connectivity index (χ3n) is 19.7. The summed E-state index contributed by atoms with van der Waals surface area (Å²) in [6.07, 6.45) is 118. The first-order chi connectivity index (χ1) is 40.4. The van der Waals surface area contributed by atoms with E-state index in [1.165, 1.54) is 507 Å². The quantitative estimate of drug-likeness (QED) is 0.0533. The monoisotopic (exact) mass is 1140 g/mol. The molecule has 0 aliphatic rings. The first-order valence-corrected chi connectivity index (χ1v) is 40.4. The Balaban J connectivity index is 3.08. The largest absolute Gasteiger partial charge is 0.0654 e. The maximum Gasteiger partial charge on any atom is -0.0533 e. The molecular weight excluding hydrogens is 973 g/mol. The number of unbranched alkanes of at least 4 members (excludes halogenated alkanes) is 78. The first kappa shape index (κ1) is 81.0. The molecule has 0 aromatic carbocycles. The Kier molecular flexibility index (Phi) is 80.0. The molecule has 0 N–H and O–H groups in total. The van der Waals surface area contributed by atoms with Crippen molar-refractivity contribution in [2.75, 3.05) is 0 Å². The molecule has 0 heteroatoms. The number of hydrogen-bond donors (Lipinski definition) is 0. The average molecular weight is 1140 g/mol. The van der Waals surface area contributed by atoms with Crippen molar-refractivity contribution in [2.24, 2.45) is 0 Å². The Morgan fingerprint density at radius 2 is 0.0988 bits per heavy atom. The molecule has 0 radical (unpaired) electrons. The summed E-state index contributed by atoms with van der Waals surface area (Å²) in [5.41, 5.74) is 0. The Bertz CT molecular complexity index is 918. The highest BCUT2D eigenvalue weighted by Gasteiger charge is 2.02. The summed E-state index contributed by atoms with van der Waals surface area (Å²) in [6, 6.07) is 0. The summed E-state index contributed by atoms with van der Waals surface area (Å²) in [6.45, 7) is 4.63. The number of hydrogen-bond acceptors (Lipinski definition) is 0. The fourth-order valence-electron chi connectivity index (χ4n) is 13.8. The molecule has 0 saturated carbocycles. The van der Waals surface area contributed by atoms with Gasteiger partial charge >= 0.3 is 0 Å². The third kappa shape index (κ3) is 80.0. The molecule has 0 aromatic rings. The zero-order valence-corrected chi connectivity index (χ0v) is 57.9. The zero-order valence-electron chi connectivity index (χ0n) is 57.9. The molecule has 0 bridgehead atoms. The van der Waals surface area contributed by atoms with Crippen molar-refractivity contribution in [3.05, 3.63) is 0 Å². The van der Waals surface area contributed by atoms with Crippen LogP contribution in [-0.4, -0.2) is 0 Å². The molecule has 0 amide bonds. The van der Waals surface area contributed by atoms with E-state index in [0.29, 0.717) is 0 Å². The van der Waals surface area contributed by atoms with E-state index in [1.807, 2.05) is 0 Å². The van der Waals surface area contributed by atoms with Gasteiger partial charge in [0.2, 0.25) is 0 Å². The van der Waals surface area contributed by atoms with Crippen LogP contribution in [0.15, 0.2) is 0 Å². The average Bonchev–Trinajstić information content (AvgIpc) is 3.48. The first-order valence-electron chi connectivity index (χ1n) is 40.4. The molecule has 0 unspecified atom stereocenters. The molecule has 0 spiro atoms. The van der Waals surface area contributed by atoms with Crippen molar-refractivity contribution in [3.8, 4) is 0 Å². The smallest absolute Gasteiger partial charge is 0.0533 e. The fourth-order valence-corrected chi connectivity index (χ4v) is 13.8. The van der Waals surface area contributed by atoms with Crippen LogP contribution in [0.2, 0.25) is 0 Å². The van der Waals surface area contributed by atoms with Gasteiger partial charge in [-0.1, -0.05) is 521 Å². The lowest BCUT2D eigenvalue weighted by Gasteiger charge is -2.05. The standard InChI is InChI=1S/C81H164/c1-3-5-7-9-11-13-15-17-19-21-23-25-27-29-31-33-35-37-39-41-43-45-47-49-51-53-55-57-59-61-63-65-67-69-71-73-75-77-79-81-80-78-76-74-72-70-68-66-64-62-60-58-56-54-52-50-48-46-44-42-40-38-36-34-32-30-28-26-24-22-20-18-16-14-12-10-8-6-4-2/h3-81H2,1-2H3. The maximum absolute atomic E-state index is 2.32. The van der Waals surface area contributed by atoms with Crippen molar-refractivity contribution >= 4 is 0 Å². The van der Waals surface area contributed by atoms with Gasteiger partial charge in [0.1, 0.15) is 0 Å². The highest BCUT2D eigenvalue weighted by atomic mass is 14.1. The van der Waals surface area contributed by atoms with Crippen LogP contribution in [0.4, 0.5) is 0 Å². The SMILES string of the molecule is CCCCCCCCCCCCCCCCCCCCCCCCCCCCCCCCCCCCCCCCCCCCCCCCCCCCCCCCCCCCCCCCCCCCCCCCCCCCCCCCC. The van der Waals surface area contributed by atoms with E-state index in [2.05, 4.69) is 13.8 Å². The van der Waals surface area contributed by atoms with Crippen molar-refractivity contribution in [2.45, 2.75) is 521 Å². The molecule has 0 heterocycles. The Morgan fingerprint density at radius 3 is 0.136 bits per heavy atom. The van der Waals surface area contributed by atoms with Crippen LogP contribution in [0.5, 0.6) is 0 Å². The number of rotatable bonds is 78. The molecule has 0 atom stereocenters. The summed E-state index contributed by atoms with van der Waals surface area (Å²) in [7, 11) is 0. The zero-order chi connectivity index (χ0) is 57.9. The molecule has 0 aliphatic carbocycles. The van der Waals surface area contributed by atoms with E-state index < -0.39 is 0 Å². The van der Waals surface area contributed by atoms with Gasteiger partial charge < -0.3 is 0 Å². The minimum Gasteiger partial charge on any atom is -0.0654 e. The second-order valence-corrected chi connectivity index (χ2v) is 28.2. The van der Waals surface area contributed by atoms with Crippen molar-refractivity contribution in [3.63, 3.8) is 0 Å². The summed E-state index contributed by atoms with van der Waals surface area (Å²) in [4.78, 5) is 0. The molecule has 0 aliphatic heterocycles. The molecule has 0 rings (SSSR count). The predicted octanol–water partition coefficient (Wildman–Crippen LogP) is 31.8. The summed E-state index contributed by atoms with van der Waals surface area (Å²) in [5, 5.41) is 0. The Labute approximate surface area is 518 Å². The molecule has 488 valence electrons. The van der Waals surface area contributed by atoms with Crippen LogP contribution in [-0.2, 0) is 0 Å². The fraction of sp³-hybridized carbons (Fsp3) is 1.00. The maximum atomic E-state index is 2.32. The lowest BCUT2D eigenvalue weighted by molar-refractivity contribution is 0.505. The van der Waals surface area contributed by atoms with Crippen molar-refractivity contribution in [1.29, 1.82) is 0 Å². The van der Waals surface area contributed by atoms with Gasteiger partial charge in [0.15, 0.2) is 0 Å². The van der Waals surface area contributed by atoms with Crippen molar-refractivity contribution < 1.29 is 0 Å². The van der Waals surface area contributed by atoms with E-state index in [4.69, 9.17) is 0 Å². The van der Waals surface area contributed by atoms with Crippen LogP contribution in [0.3, 0.4) is 0 Å². The minimum atomic E-state index is 1.37. The normalized spacial score (nSPS) is 11.8. The molecule has 0 aromatic heterocycles. The van der Waals surface area contributed by atoms with Gasteiger partial charge in [-0.15, -0.1) is 0 Å². The predicted molar refractivity (Wildman–Crippen MR) is 376 cm³/mol. The molecule has 0 nitrogen and oxygen atoms in total. The van der Waals surface area contributed by atoms with E-state index in [0.717, 1.165) is 0 Å². The molecule has 81 heavy (non-hydrogen) atoms. The molecule has 0 fully saturated rings. The second-order valence-electron chi connectivity index (χ2n) is 28.2. The van der Waals surface area contributed by atoms with Gasteiger partial charge in [-0.25, -0.2) is 0 Å². The summed E-state index contributed by atoms with van der Waals surface area (Å²) >= 11 is 0. The van der Waals surface area contributed by atoms with Crippen LogP contribution in [0, 0.1) is 0 Å². The van der Waals surface area contributed by atoms with Crippen LogP contribution < -0.4 is 0 Å². The van der Waals surface area contributed by atoms with E-state index in [-0.39, 0.29) is 0 Å². The lowest BCUT2D eigenvalue weighted by Crippen LogP contribution is -1.85. The second kappa shape index (κ2) is 80.0. The van der Waals surface area contributed by atoms with Crippen molar-refractivity contribution in [1.82, 2.24) is 0 Å². The summed E-state index contributed by atoms with van der Waals surface area (Å²) < 4.78 is 0. The van der Waals surface area contributed by atoms with E-state index in [1.54, 1.807) is 0 Å². The highest BCUT2D eigenvalue weighted by Crippen LogP contribution is 2.22. The summed E-state index contributed by atoms with van der Waals surface area (Å²) in [5.74, 6) is 0. The Morgan fingerprint density at radius 1 is 0.0617 bits per heavy atom. The van der Waals surface area contributed by atoms with Crippen LogP contribution >= 0.6 is 0 Å². The van der Waals surface area contributed by atoms with Gasteiger partial charge in [-0.3, -0.25) is 0 Å². The molecular formula is C81H164. The van der Waals surface area contributed by atoms with E-state index >= 15 is 0 Å². The van der Waals surface area contributed by atoms with Crippen LogP contribution in [0.1, 0.15) is 521 Å². The van der Waals surface area contributed by atoms with E-state index in [9.17, 15) is 0 Å². The van der Waals surface area contributed by atoms with Gasteiger partial charge in [0.05, 0.1) is 0 Å².